The van der Waals surface area contributed by atoms with Crippen molar-refractivity contribution in [2.45, 2.75) is 57.5 Å². The van der Waals surface area contributed by atoms with Crippen LogP contribution in [0.4, 0.5) is 0 Å². The number of amides is 2. The predicted octanol–water partition coefficient (Wildman–Crippen LogP) is 2.42. The monoisotopic (exact) mass is 385 g/mol. The molecule has 3 aliphatic heterocycles. The number of hydrogen-bond donors (Lipinski definition) is 0. The van der Waals surface area contributed by atoms with E-state index >= 15 is 0 Å². The van der Waals surface area contributed by atoms with Crippen molar-refractivity contribution in [3.63, 3.8) is 0 Å². The predicted molar refractivity (Wildman–Crippen MR) is 106 cm³/mol. The first-order chi connectivity index (χ1) is 13.7. The third-order valence-electron chi connectivity index (χ3n) is 6.73. The molecule has 6 nitrogen and oxygen atoms in total. The molecule has 3 aliphatic rings. The Morgan fingerprint density at radius 2 is 2.11 bits per heavy atom. The zero-order chi connectivity index (χ0) is 19.4. The lowest BCUT2D eigenvalue weighted by Gasteiger charge is -2.48. The number of ether oxygens (including phenoxy) is 1. The molecule has 28 heavy (non-hydrogen) atoms. The highest BCUT2D eigenvalue weighted by molar-refractivity contribution is 5.81. The normalized spacial score (nSPS) is 25.1. The topological polar surface area (TPSA) is 62.7 Å². The van der Waals surface area contributed by atoms with Crippen LogP contribution in [0.1, 0.15) is 50.5 Å². The number of likely N-dealkylation sites (tertiary alicyclic amines) is 2. The number of piperidine rings is 2. The Morgan fingerprint density at radius 3 is 2.82 bits per heavy atom. The van der Waals surface area contributed by atoms with Gasteiger partial charge in [-0.3, -0.25) is 14.6 Å². The molecule has 4 heterocycles. The average Bonchev–Trinajstić information content (AvgIpc) is 2.76. The van der Waals surface area contributed by atoms with Gasteiger partial charge in [0.15, 0.2) is 0 Å². The van der Waals surface area contributed by atoms with Gasteiger partial charge >= 0.3 is 0 Å². The minimum absolute atomic E-state index is 0.174. The summed E-state index contributed by atoms with van der Waals surface area (Å²) in [4.78, 5) is 33.4. The first kappa shape index (κ1) is 19.4. The zero-order valence-corrected chi connectivity index (χ0v) is 16.6. The summed E-state index contributed by atoms with van der Waals surface area (Å²) in [7, 11) is 0. The highest BCUT2D eigenvalue weighted by atomic mass is 16.5. The Kier molecular flexibility index (Phi) is 5.95. The van der Waals surface area contributed by atoms with Crippen LogP contribution in [0.25, 0.3) is 0 Å². The molecule has 1 aromatic rings. The van der Waals surface area contributed by atoms with Crippen LogP contribution in [0.2, 0.25) is 0 Å². The average molecular weight is 386 g/mol. The highest BCUT2D eigenvalue weighted by Gasteiger charge is 2.42. The first-order valence-electron chi connectivity index (χ1n) is 10.7. The van der Waals surface area contributed by atoms with Crippen molar-refractivity contribution in [1.82, 2.24) is 14.8 Å². The van der Waals surface area contributed by atoms with Crippen LogP contribution in [-0.2, 0) is 20.7 Å². The van der Waals surface area contributed by atoms with Crippen LogP contribution in [0.5, 0.6) is 0 Å². The standard InChI is InChI=1S/C22H31N3O3/c26-20-6-8-22(17-25(20)12-7-18-4-3-11-23-16-18)9-13-24(14-10-22)21(27)19-5-1-2-15-28-19/h3-4,11,16,19H,1-2,5-10,12-15,17H2. The van der Waals surface area contributed by atoms with Crippen molar-refractivity contribution in [2.75, 3.05) is 32.8 Å². The fourth-order valence-corrected chi connectivity index (χ4v) is 4.86. The highest BCUT2D eigenvalue weighted by Crippen LogP contribution is 2.40. The Hall–Kier alpha value is -1.95. The quantitative estimate of drug-likeness (QED) is 0.799. The van der Waals surface area contributed by atoms with Crippen molar-refractivity contribution >= 4 is 11.8 Å². The van der Waals surface area contributed by atoms with Crippen molar-refractivity contribution in [1.29, 1.82) is 0 Å². The fraction of sp³-hybridized carbons (Fsp3) is 0.682. The van der Waals surface area contributed by atoms with Crippen LogP contribution >= 0.6 is 0 Å². The van der Waals surface area contributed by atoms with E-state index in [4.69, 9.17) is 4.74 Å². The molecule has 0 bridgehead atoms. The van der Waals surface area contributed by atoms with E-state index in [0.29, 0.717) is 13.0 Å². The van der Waals surface area contributed by atoms with Gasteiger partial charge in [0.2, 0.25) is 5.91 Å². The lowest BCUT2D eigenvalue weighted by Crippen LogP contribution is -2.54. The molecule has 1 unspecified atom stereocenters. The Labute approximate surface area is 167 Å². The van der Waals surface area contributed by atoms with Gasteiger partial charge in [-0.2, -0.15) is 0 Å². The molecule has 1 aromatic heterocycles. The Morgan fingerprint density at radius 1 is 1.25 bits per heavy atom. The third kappa shape index (κ3) is 4.37. The zero-order valence-electron chi connectivity index (χ0n) is 16.6. The van der Waals surface area contributed by atoms with Crippen LogP contribution in [0.15, 0.2) is 24.5 Å². The second kappa shape index (κ2) is 8.60. The molecule has 0 aromatic carbocycles. The smallest absolute Gasteiger partial charge is 0.251 e. The van der Waals surface area contributed by atoms with Crippen molar-refractivity contribution in [3.8, 4) is 0 Å². The molecule has 4 rings (SSSR count). The van der Waals surface area contributed by atoms with E-state index in [0.717, 1.165) is 71.1 Å². The van der Waals surface area contributed by atoms with Gasteiger partial charge < -0.3 is 14.5 Å². The van der Waals surface area contributed by atoms with Crippen LogP contribution in [0, 0.1) is 5.41 Å². The Bertz CT molecular complexity index is 680. The first-order valence-corrected chi connectivity index (χ1v) is 10.7. The lowest BCUT2D eigenvalue weighted by molar-refractivity contribution is -0.151. The fourth-order valence-electron chi connectivity index (χ4n) is 4.86. The summed E-state index contributed by atoms with van der Waals surface area (Å²) in [5.74, 6) is 0.443. The van der Waals surface area contributed by atoms with Gasteiger partial charge in [-0.15, -0.1) is 0 Å². The number of pyridine rings is 1. The molecular weight excluding hydrogens is 354 g/mol. The summed E-state index contributed by atoms with van der Waals surface area (Å²) >= 11 is 0. The molecule has 0 aliphatic carbocycles. The molecule has 3 saturated heterocycles. The summed E-state index contributed by atoms with van der Waals surface area (Å²) in [6.07, 6.45) is 10.8. The van der Waals surface area contributed by atoms with Crippen molar-refractivity contribution in [2.24, 2.45) is 5.41 Å². The molecule has 152 valence electrons. The summed E-state index contributed by atoms with van der Waals surface area (Å²) < 4.78 is 5.69. The minimum atomic E-state index is -0.230. The van der Waals surface area contributed by atoms with Gasteiger partial charge in [-0.25, -0.2) is 0 Å². The number of rotatable bonds is 4. The number of aromatic nitrogens is 1. The van der Waals surface area contributed by atoms with E-state index in [1.165, 1.54) is 5.56 Å². The Balaban J connectivity index is 1.31. The van der Waals surface area contributed by atoms with E-state index in [1.807, 2.05) is 22.1 Å². The molecule has 2 amide bonds. The maximum atomic E-state index is 12.7. The second-order valence-electron chi connectivity index (χ2n) is 8.61. The molecule has 3 fully saturated rings. The summed E-state index contributed by atoms with van der Waals surface area (Å²) in [6, 6.07) is 4.01. The van der Waals surface area contributed by atoms with Gasteiger partial charge in [0, 0.05) is 51.6 Å². The lowest BCUT2D eigenvalue weighted by atomic mass is 9.72. The van der Waals surface area contributed by atoms with Gasteiger partial charge in [-0.1, -0.05) is 6.07 Å². The van der Waals surface area contributed by atoms with E-state index < -0.39 is 0 Å². The summed E-state index contributed by atoms with van der Waals surface area (Å²) in [5.41, 5.74) is 1.34. The van der Waals surface area contributed by atoms with E-state index in [9.17, 15) is 9.59 Å². The minimum Gasteiger partial charge on any atom is -0.368 e. The molecule has 1 spiro atoms. The van der Waals surface area contributed by atoms with E-state index in [2.05, 4.69) is 11.1 Å². The van der Waals surface area contributed by atoms with Crippen molar-refractivity contribution in [3.05, 3.63) is 30.1 Å². The second-order valence-corrected chi connectivity index (χ2v) is 8.61. The number of nitrogens with zero attached hydrogens (tertiary/aromatic N) is 3. The van der Waals surface area contributed by atoms with Gasteiger partial charge in [-0.05, 0) is 62.0 Å². The molecular formula is C22H31N3O3. The maximum Gasteiger partial charge on any atom is 0.251 e. The van der Waals surface area contributed by atoms with Crippen molar-refractivity contribution < 1.29 is 14.3 Å². The molecule has 1 atom stereocenters. The van der Waals surface area contributed by atoms with Gasteiger partial charge in [0.1, 0.15) is 6.10 Å². The maximum absolute atomic E-state index is 12.7. The molecule has 0 N–H and O–H groups in total. The molecule has 0 saturated carbocycles. The SMILES string of the molecule is O=C1CCC2(CCN(C(=O)C3CCCCO3)CC2)CN1CCc1cccnc1. The number of hydrogen-bond acceptors (Lipinski definition) is 4. The number of carbonyl (C=O) groups is 2. The van der Waals surface area contributed by atoms with Gasteiger partial charge in [0.05, 0.1) is 0 Å². The third-order valence-corrected chi connectivity index (χ3v) is 6.73. The molecule has 6 heteroatoms. The summed E-state index contributed by atoms with van der Waals surface area (Å²) in [5, 5.41) is 0. The van der Waals surface area contributed by atoms with Crippen LogP contribution in [-0.4, -0.2) is 65.5 Å². The molecule has 0 radical (unpaired) electrons. The number of carbonyl (C=O) groups excluding carboxylic acids is 2. The van der Waals surface area contributed by atoms with E-state index in [1.54, 1.807) is 6.20 Å². The summed E-state index contributed by atoms with van der Waals surface area (Å²) in [6.45, 7) is 3.88. The largest absolute Gasteiger partial charge is 0.368 e. The van der Waals surface area contributed by atoms with Gasteiger partial charge in [0.25, 0.3) is 5.91 Å². The van der Waals surface area contributed by atoms with E-state index in [-0.39, 0.29) is 23.3 Å². The van der Waals surface area contributed by atoms with Crippen LogP contribution in [0.3, 0.4) is 0 Å². The van der Waals surface area contributed by atoms with Crippen LogP contribution < -0.4 is 0 Å².